The van der Waals surface area contributed by atoms with E-state index in [0.29, 0.717) is 18.0 Å². The Morgan fingerprint density at radius 3 is 2.88 bits per heavy atom. The molecule has 0 saturated carbocycles. The van der Waals surface area contributed by atoms with E-state index in [4.69, 9.17) is 5.11 Å². The summed E-state index contributed by atoms with van der Waals surface area (Å²) in [5, 5.41) is 12.6. The third-order valence-electron chi connectivity index (χ3n) is 2.26. The van der Waals surface area contributed by atoms with Crippen LogP contribution in [0.5, 0.6) is 0 Å². The van der Waals surface area contributed by atoms with Crippen molar-refractivity contribution in [1.29, 1.82) is 0 Å². The van der Waals surface area contributed by atoms with Gasteiger partial charge in [0, 0.05) is 13.1 Å². The molecule has 1 aromatic rings. The second-order valence-electron chi connectivity index (χ2n) is 3.50. The van der Waals surface area contributed by atoms with Gasteiger partial charge in [0.25, 0.3) is 5.91 Å². The number of amides is 1. The van der Waals surface area contributed by atoms with Crippen LogP contribution in [0.3, 0.4) is 0 Å². The summed E-state index contributed by atoms with van der Waals surface area (Å²) in [4.78, 5) is 14.1. The summed E-state index contributed by atoms with van der Waals surface area (Å²) in [6.45, 7) is 3.17. The minimum Gasteiger partial charge on any atom is -0.395 e. The zero-order chi connectivity index (χ0) is 11.8. The normalized spacial score (nSPS) is 10.4. The van der Waals surface area contributed by atoms with Gasteiger partial charge in [-0.1, -0.05) is 24.3 Å². The standard InChI is InChI=1S/C10H17N3O2S/c1-2-3-4-5-13(6-7-14)10(15)9-8-11-12-16-9/h8,14H,2-7H2,1H3. The summed E-state index contributed by atoms with van der Waals surface area (Å²) in [7, 11) is 0. The van der Waals surface area contributed by atoms with Gasteiger partial charge < -0.3 is 10.0 Å². The van der Waals surface area contributed by atoms with Crippen molar-refractivity contribution in [3.8, 4) is 0 Å². The van der Waals surface area contributed by atoms with Crippen LogP contribution in [0.1, 0.15) is 35.9 Å². The van der Waals surface area contributed by atoms with Crippen molar-refractivity contribution in [1.82, 2.24) is 14.5 Å². The minimum absolute atomic E-state index is 0.00982. The van der Waals surface area contributed by atoms with Gasteiger partial charge in [-0.05, 0) is 18.0 Å². The molecule has 16 heavy (non-hydrogen) atoms. The van der Waals surface area contributed by atoms with E-state index < -0.39 is 0 Å². The molecule has 0 saturated heterocycles. The number of hydrogen-bond donors (Lipinski definition) is 1. The van der Waals surface area contributed by atoms with Crippen LogP contribution in [-0.2, 0) is 0 Å². The molecule has 0 aliphatic heterocycles. The van der Waals surface area contributed by atoms with Gasteiger partial charge in [0.05, 0.1) is 12.8 Å². The Morgan fingerprint density at radius 2 is 2.31 bits per heavy atom. The average Bonchev–Trinajstić information content (AvgIpc) is 2.81. The van der Waals surface area contributed by atoms with E-state index >= 15 is 0 Å². The van der Waals surface area contributed by atoms with E-state index in [2.05, 4.69) is 16.5 Å². The molecule has 90 valence electrons. The van der Waals surface area contributed by atoms with Crippen LogP contribution in [0.15, 0.2) is 6.20 Å². The maximum absolute atomic E-state index is 11.9. The molecule has 1 N–H and O–H groups in total. The molecular formula is C10H17N3O2S. The third kappa shape index (κ3) is 3.86. The first-order valence-electron chi connectivity index (χ1n) is 5.47. The lowest BCUT2D eigenvalue weighted by molar-refractivity contribution is 0.0723. The number of aliphatic hydroxyl groups excluding tert-OH is 1. The Hall–Kier alpha value is -1.01. The van der Waals surface area contributed by atoms with Gasteiger partial charge in [0.15, 0.2) is 0 Å². The Morgan fingerprint density at radius 1 is 1.50 bits per heavy atom. The van der Waals surface area contributed by atoms with Gasteiger partial charge in [-0.2, -0.15) is 0 Å². The number of aromatic nitrogens is 2. The maximum atomic E-state index is 11.9. The van der Waals surface area contributed by atoms with Crippen LogP contribution in [0.4, 0.5) is 0 Å². The topological polar surface area (TPSA) is 66.3 Å². The Balaban J connectivity index is 2.52. The van der Waals surface area contributed by atoms with E-state index in [1.807, 2.05) is 0 Å². The third-order valence-corrected chi connectivity index (χ3v) is 2.91. The van der Waals surface area contributed by atoms with Crippen LogP contribution < -0.4 is 0 Å². The van der Waals surface area contributed by atoms with Gasteiger partial charge in [0.2, 0.25) is 0 Å². The second kappa shape index (κ2) is 7.29. The molecule has 1 amide bonds. The molecule has 0 aromatic carbocycles. The largest absolute Gasteiger partial charge is 0.395 e. The molecule has 0 fully saturated rings. The number of unbranched alkanes of at least 4 members (excludes halogenated alkanes) is 2. The first-order valence-corrected chi connectivity index (χ1v) is 6.24. The quantitative estimate of drug-likeness (QED) is 0.730. The van der Waals surface area contributed by atoms with Crippen molar-refractivity contribution in [2.45, 2.75) is 26.2 Å². The summed E-state index contributed by atoms with van der Waals surface area (Å²) in [6.07, 6.45) is 4.64. The highest BCUT2D eigenvalue weighted by Crippen LogP contribution is 2.08. The van der Waals surface area contributed by atoms with Crippen LogP contribution in [0.25, 0.3) is 0 Å². The molecule has 5 nitrogen and oxygen atoms in total. The molecule has 1 aromatic heterocycles. The molecule has 0 radical (unpaired) electrons. The highest BCUT2D eigenvalue weighted by molar-refractivity contribution is 7.07. The van der Waals surface area contributed by atoms with Crippen molar-refractivity contribution in [2.75, 3.05) is 19.7 Å². The molecule has 0 aliphatic carbocycles. The molecule has 1 rings (SSSR count). The van der Waals surface area contributed by atoms with Crippen LogP contribution in [-0.4, -0.2) is 45.2 Å². The molecule has 0 aliphatic rings. The molecule has 0 bridgehead atoms. The first-order chi connectivity index (χ1) is 7.79. The highest BCUT2D eigenvalue weighted by atomic mass is 32.1. The molecule has 6 heteroatoms. The first kappa shape index (κ1) is 13.1. The summed E-state index contributed by atoms with van der Waals surface area (Å²) in [6, 6.07) is 0. The average molecular weight is 243 g/mol. The Kier molecular flexibility index (Phi) is 5.95. The number of carbonyl (C=O) groups is 1. The number of nitrogens with zero attached hydrogens (tertiary/aromatic N) is 3. The van der Waals surface area contributed by atoms with Gasteiger partial charge in [-0.3, -0.25) is 4.79 Å². The SMILES string of the molecule is CCCCCN(CCO)C(=O)c1cnns1. The fraction of sp³-hybridized carbons (Fsp3) is 0.700. The zero-order valence-electron chi connectivity index (χ0n) is 9.43. The lowest BCUT2D eigenvalue weighted by atomic mass is 10.2. The lowest BCUT2D eigenvalue weighted by Crippen LogP contribution is -2.34. The van der Waals surface area contributed by atoms with E-state index in [1.54, 1.807) is 4.90 Å². The van der Waals surface area contributed by atoms with Crippen molar-refractivity contribution in [2.24, 2.45) is 0 Å². The Labute approximate surface area is 99.3 Å². The second-order valence-corrected chi connectivity index (χ2v) is 4.29. The molecule has 0 unspecified atom stereocenters. The van der Waals surface area contributed by atoms with Crippen LogP contribution >= 0.6 is 11.5 Å². The van der Waals surface area contributed by atoms with Crippen LogP contribution in [0.2, 0.25) is 0 Å². The Bertz CT molecular complexity index is 303. The molecule has 1 heterocycles. The monoisotopic (exact) mass is 243 g/mol. The van der Waals surface area contributed by atoms with E-state index in [0.717, 1.165) is 30.8 Å². The summed E-state index contributed by atoms with van der Waals surface area (Å²) >= 11 is 1.09. The van der Waals surface area contributed by atoms with Gasteiger partial charge in [-0.25, -0.2) is 0 Å². The lowest BCUT2D eigenvalue weighted by Gasteiger charge is -2.20. The zero-order valence-corrected chi connectivity index (χ0v) is 10.2. The summed E-state index contributed by atoms with van der Waals surface area (Å²) < 4.78 is 3.66. The predicted molar refractivity (Wildman–Crippen MR) is 62.4 cm³/mol. The predicted octanol–water partition coefficient (Wildman–Crippen LogP) is 1.16. The van der Waals surface area contributed by atoms with Crippen molar-refractivity contribution < 1.29 is 9.90 Å². The molecule has 0 atom stereocenters. The van der Waals surface area contributed by atoms with E-state index in [9.17, 15) is 4.79 Å². The van der Waals surface area contributed by atoms with Gasteiger partial charge in [-0.15, -0.1) is 5.10 Å². The fourth-order valence-electron chi connectivity index (χ4n) is 1.41. The van der Waals surface area contributed by atoms with Crippen molar-refractivity contribution in [3.05, 3.63) is 11.1 Å². The van der Waals surface area contributed by atoms with Gasteiger partial charge in [0.1, 0.15) is 4.88 Å². The number of aliphatic hydroxyl groups is 1. The van der Waals surface area contributed by atoms with E-state index in [-0.39, 0.29) is 12.5 Å². The number of rotatable bonds is 7. The number of hydrogen-bond acceptors (Lipinski definition) is 5. The number of carbonyl (C=O) groups excluding carboxylic acids is 1. The molecule has 0 spiro atoms. The summed E-state index contributed by atoms with van der Waals surface area (Å²) in [5.41, 5.74) is 0. The molecular weight excluding hydrogens is 226 g/mol. The minimum atomic E-state index is -0.0832. The maximum Gasteiger partial charge on any atom is 0.267 e. The highest BCUT2D eigenvalue weighted by Gasteiger charge is 2.16. The fourth-order valence-corrected chi connectivity index (χ4v) is 1.89. The smallest absolute Gasteiger partial charge is 0.267 e. The van der Waals surface area contributed by atoms with E-state index in [1.165, 1.54) is 6.20 Å². The van der Waals surface area contributed by atoms with Crippen LogP contribution in [0, 0.1) is 0 Å². The van der Waals surface area contributed by atoms with Crippen molar-refractivity contribution in [3.63, 3.8) is 0 Å². The van der Waals surface area contributed by atoms with Crippen molar-refractivity contribution >= 4 is 17.4 Å². The van der Waals surface area contributed by atoms with Gasteiger partial charge >= 0.3 is 0 Å². The summed E-state index contributed by atoms with van der Waals surface area (Å²) in [5.74, 6) is -0.0832.